The zero-order chi connectivity index (χ0) is 66.0. The number of aliphatic hydroxyl groups is 1. The largest absolute Gasteiger partial charge is 0.382 e. The Labute approximate surface area is 538 Å². The van der Waals surface area contributed by atoms with E-state index in [0.29, 0.717) is 150 Å². The van der Waals surface area contributed by atoms with Gasteiger partial charge in [-0.2, -0.15) is 8.42 Å². The number of amides is 2. The molecule has 1 aliphatic heterocycles. The van der Waals surface area contributed by atoms with Crippen LogP contribution in [0, 0.1) is 23.7 Å². The van der Waals surface area contributed by atoms with E-state index >= 15 is 0 Å². The van der Waals surface area contributed by atoms with Crippen LogP contribution in [0.5, 0.6) is 0 Å². The number of carbonyl (C=O) groups excluding carboxylic acids is 5. The lowest BCUT2D eigenvalue weighted by Gasteiger charge is -2.30. The molecule has 1 fully saturated rings. The van der Waals surface area contributed by atoms with Crippen molar-refractivity contribution in [1.82, 2.24) is 30.5 Å². The number of hydrogen-bond donors (Lipinski definition) is 3. The first-order valence-electron chi connectivity index (χ1n) is 32.0. The summed E-state index contributed by atoms with van der Waals surface area (Å²) in [6.07, 6.45) is 2.79. The van der Waals surface area contributed by atoms with Gasteiger partial charge in [0.25, 0.3) is 10.1 Å². The van der Waals surface area contributed by atoms with Crippen LogP contribution in [0.15, 0.2) is 66.9 Å². The fourth-order valence-corrected chi connectivity index (χ4v) is 10.7. The minimum absolute atomic E-state index is 0.00793. The number of ketones is 3. The molecule has 3 aromatic rings. The molecule has 0 radical (unpaired) electrons. The zero-order valence-electron chi connectivity index (χ0n) is 54.6. The Kier molecular flexibility index (Phi) is 39.7. The molecular formula is C65H104N6O19S. The first-order valence-corrected chi connectivity index (χ1v) is 33.6. The van der Waals surface area contributed by atoms with Crippen molar-refractivity contribution >= 4 is 39.3 Å². The number of ether oxygens (including phenoxy) is 10. The number of nitrogens with zero attached hydrogens (tertiary/aromatic N) is 4. The van der Waals surface area contributed by atoms with Gasteiger partial charge in [0, 0.05) is 51.5 Å². The molecule has 5 atom stereocenters. The van der Waals surface area contributed by atoms with Crippen LogP contribution in [0.2, 0.25) is 0 Å². The molecule has 1 unspecified atom stereocenters. The number of methoxy groups -OCH3 is 1. The van der Waals surface area contributed by atoms with Crippen molar-refractivity contribution in [2.24, 2.45) is 23.7 Å². The highest BCUT2D eigenvalue weighted by Gasteiger charge is 2.40. The van der Waals surface area contributed by atoms with E-state index < -0.39 is 75.4 Å². The molecule has 2 amide bonds. The van der Waals surface area contributed by atoms with E-state index in [-0.39, 0.29) is 75.9 Å². The Morgan fingerprint density at radius 1 is 0.648 bits per heavy atom. The lowest BCUT2D eigenvalue weighted by atomic mass is 9.86. The molecule has 2 heterocycles. The number of hydrogen-bond acceptors (Lipinski definition) is 22. The van der Waals surface area contributed by atoms with Crippen LogP contribution in [-0.4, -0.2) is 238 Å². The highest BCUT2D eigenvalue weighted by molar-refractivity contribution is 7.86. The van der Waals surface area contributed by atoms with Crippen molar-refractivity contribution in [2.45, 2.75) is 117 Å². The van der Waals surface area contributed by atoms with E-state index in [1.165, 1.54) is 0 Å². The van der Waals surface area contributed by atoms with Gasteiger partial charge in [0.2, 0.25) is 11.8 Å². The summed E-state index contributed by atoms with van der Waals surface area (Å²) in [4.78, 5) is 73.1. The van der Waals surface area contributed by atoms with Crippen LogP contribution in [0.3, 0.4) is 0 Å². The molecule has 1 saturated heterocycles. The summed E-state index contributed by atoms with van der Waals surface area (Å²) in [5, 5.41) is 25.5. The average molecular weight is 1310 g/mol. The van der Waals surface area contributed by atoms with Gasteiger partial charge < -0.3 is 63.1 Å². The summed E-state index contributed by atoms with van der Waals surface area (Å²) in [5.41, 5.74) is -0.0736. The Balaban J connectivity index is 1.18. The van der Waals surface area contributed by atoms with Gasteiger partial charge in [0.15, 0.2) is 11.6 Å². The van der Waals surface area contributed by atoms with Crippen molar-refractivity contribution in [3.63, 3.8) is 0 Å². The van der Waals surface area contributed by atoms with Crippen LogP contribution in [0.25, 0.3) is 0 Å². The SMILES string of the molecule is COCCOCCOCCOCCOCCOCCOCCOCCn1cc(COCCCS(=O)(=O)OCC(C)(O)C(=O)[C@H](CC(C)C)NC(=O)[C@@H](CC(=O)[C@H](CC(C)C)NC(=O)[C@H](CCc2ccccc2)CC(=O)CN2CCOCC2)Cc2ccccc2)nn1. The van der Waals surface area contributed by atoms with Gasteiger partial charge in [-0.25, -0.2) is 4.68 Å². The lowest BCUT2D eigenvalue weighted by Crippen LogP contribution is -2.54. The normalized spacial score (nSPS) is 15.1. The van der Waals surface area contributed by atoms with Gasteiger partial charge in [-0.1, -0.05) is 93.6 Å². The van der Waals surface area contributed by atoms with Crippen LogP contribution in [-0.2, 0) is 112 Å². The number of morpholine rings is 1. The number of aromatic nitrogens is 3. The fourth-order valence-electron chi connectivity index (χ4n) is 9.69. The molecule has 26 heteroatoms. The van der Waals surface area contributed by atoms with E-state index in [0.717, 1.165) is 18.1 Å². The van der Waals surface area contributed by atoms with Crippen molar-refractivity contribution in [2.75, 3.05) is 158 Å². The van der Waals surface area contributed by atoms with Crippen molar-refractivity contribution in [3.8, 4) is 0 Å². The summed E-state index contributed by atoms with van der Waals surface area (Å²) in [7, 11) is -2.63. The summed E-state index contributed by atoms with van der Waals surface area (Å²) in [6.45, 7) is 17.7. The molecule has 1 aromatic heterocycles. The second-order valence-electron chi connectivity index (χ2n) is 23.6. The van der Waals surface area contributed by atoms with E-state index in [9.17, 15) is 37.5 Å². The summed E-state index contributed by atoms with van der Waals surface area (Å²) < 4.78 is 87.4. The molecule has 0 saturated carbocycles. The Morgan fingerprint density at radius 3 is 1.70 bits per heavy atom. The van der Waals surface area contributed by atoms with Gasteiger partial charge in [-0.15, -0.1) is 5.10 Å². The molecule has 2 aromatic carbocycles. The van der Waals surface area contributed by atoms with E-state index in [1.54, 1.807) is 18.0 Å². The van der Waals surface area contributed by atoms with Crippen LogP contribution in [0.4, 0.5) is 0 Å². The number of nitrogens with one attached hydrogen (secondary N) is 2. The van der Waals surface area contributed by atoms with E-state index in [4.69, 9.17) is 51.6 Å². The Bertz CT molecular complexity index is 2570. The van der Waals surface area contributed by atoms with Gasteiger partial charge in [-0.3, -0.25) is 33.1 Å². The first kappa shape index (κ1) is 78.4. The lowest BCUT2D eigenvalue weighted by molar-refractivity contribution is -0.143. The number of benzene rings is 2. The Morgan fingerprint density at radius 2 is 1.15 bits per heavy atom. The molecule has 25 nitrogen and oxygen atoms in total. The second kappa shape index (κ2) is 46.1. The maximum atomic E-state index is 14.6. The summed E-state index contributed by atoms with van der Waals surface area (Å²) in [5.74, 6) is -4.82. The average Bonchev–Trinajstić information content (AvgIpc) is 2.26. The van der Waals surface area contributed by atoms with E-state index in [1.807, 2.05) is 93.3 Å². The molecule has 0 bridgehead atoms. The third-order valence-corrected chi connectivity index (χ3v) is 15.8. The van der Waals surface area contributed by atoms with E-state index in [2.05, 4.69) is 20.9 Å². The third-order valence-electron chi connectivity index (χ3n) is 14.6. The topological polar surface area (TPSA) is 299 Å². The van der Waals surface area contributed by atoms with Crippen LogP contribution in [0.1, 0.15) is 90.0 Å². The third kappa shape index (κ3) is 35.7. The van der Waals surface area contributed by atoms with Crippen molar-refractivity contribution in [1.29, 1.82) is 0 Å². The van der Waals surface area contributed by atoms with Crippen LogP contribution >= 0.6 is 0 Å². The molecule has 3 N–H and O–H groups in total. The number of carbonyl (C=O) groups is 5. The maximum Gasteiger partial charge on any atom is 0.267 e. The van der Waals surface area contributed by atoms with Gasteiger partial charge in [0.05, 0.1) is 156 Å². The standard InChI is InChI=1S/C65H104N6O19S/c1-51(2)42-59(66-63(75)55(19-18-53-14-9-7-10-15-53)45-58(72)48-70-20-24-81-25-21-70)61(73)46-56(44-54-16-11-8-12-17-54)64(76)67-60(43-52(3)4)62(74)65(5,77)50-90-91(78,79)41-13-23-89-49-57-47-71(69-68-57)22-26-82-29-30-84-33-34-86-37-38-88-40-39-87-36-35-85-32-31-83-28-27-80-6/h7-12,14-17,47,51-52,55-56,59-60,77H,13,18-46,48-50H2,1-6H3,(H,66,75)(H,67,76)/t55-,56-,59+,60+,65?/m1/s1. The minimum Gasteiger partial charge on any atom is -0.382 e. The molecule has 0 spiro atoms. The minimum atomic E-state index is -4.26. The highest BCUT2D eigenvalue weighted by atomic mass is 32.2. The highest BCUT2D eigenvalue weighted by Crippen LogP contribution is 2.23. The molecule has 1 aliphatic rings. The monoisotopic (exact) mass is 1300 g/mol. The number of rotatable bonds is 55. The first-order chi connectivity index (χ1) is 43.8. The molecule has 91 heavy (non-hydrogen) atoms. The molecule has 0 aliphatic carbocycles. The smallest absolute Gasteiger partial charge is 0.267 e. The number of Topliss-reactive ketones (excluding diaryl/α,β-unsaturated/α-hetero) is 3. The fraction of sp³-hybridized carbons (Fsp3) is 0.708. The number of aryl methyl sites for hydroxylation is 1. The summed E-state index contributed by atoms with van der Waals surface area (Å²) >= 11 is 0. The predicted octanol–water partition coefficient (Wildman–Crippen LogP) is 4.03. The van der Waals surface area contributed by atoms with Crippen molar-refractivity contribution < 1.29 is 89.0 Å². The van der Waals surface area contributed by atoms with Gasteiger partial charge >= 0.3 is 0 Å². The van der Waals surface area contributed by atoms with Crippen LogP contribution < -0.4 is 10.6 Å². The Hall–Kier alpha value is -5.04. The summed E-state index contributed by atoms with van der Waals surface area (Å²) in [6, 6.07) is 16.5. The predicted molar refractivity (Wildman–Crippen MR) is 338 cm³/mol. The molecule has 514 valence electrons. The van der Waals surface area contributed by atoms with Gasteiger partial charge in [0.1, 0.15) is 23.7 Å². The maximum absolute atomic E-state index is 14.6. The van der Waals surface area contributed by atoms with Gasteiger partial charge in [-0.05, 0) is 68.4 Å². The molecule has 4 rings (SSSR count). The van der Waals surface area contributed by atoms with Crippen molar-refractivity contribution in [3.05, 3.63) is 83.7 Å². The zero-order valence-corrected chi connectivity index (χ0v) is 55.5. The quantitative estimate of drug-likeness (QED) is 0.0531. The second-order valence-corrected chi connectivity index (χ2v) is 25.4. The molecular weight excluding hydrogens is 1200 g/mol.